The molecule has 0 radical (unpaired) electrons. The van der Waals surface area contributed by atoms with Crippen molar-refractivity contribution in [3.63, 3.8) is 0 Å². The Morgan fingerprint density at radius 3 is 2.29 bits per heavy atom. The molecule has 0 aliphatic rings. The van der Waals surface area contributed by atoms with E-state index in [0.29, 0.717) is 5.56 Å². The van der Waals surface area contributed by atoms with E-state index in [1.54, 1.807) is 0 Å². The van der Waals surface area contributed by atoms with Gasteiger partial charge in [0, 0.05) is 13.5 Å². The highest BCUT2D eigenvalue weighted by atomic mass is 19.4. The second kappa shape index (κ2) is 7.07. The van der Waals surface area contributed by atoms with Gasteiger partial charge in [0.1, 0.15) is 12.6 Å². The van der Waals surface area contributed by atoms with Crippen LogP contribution in [0.25, 0.3) is 0 Å². The molecule has 0 spiro atoms. The lowest BCUT2D eigenvalue weighted by atomic mass is 10.0. The summed E-state index contributed by atoms with van der Waals surface area (Å²) in [6.07, 6.45) is -4.42. The Kier molecular flexibility index (Phi) is 5.71. The molecule has 21 heavy (non-hydrogen) atoms. The monoisotopic (exact) mass is 304 g/mol. The molecule has 0 aromatic heterocycles. The summed E-state index contributed by atoms with van der Waals surface area (Å²) >= 11 is 0. The molecule has 1 aromatic carbocycles. The molecule has 0 heterocycles. The smallest absolute Gasteiger partial charge is 0.375 e. The normalized spacial score (nSPS) is 12.8. The Labute approximate surface area is 119 Å². The number of ether oxygens (including phenoxy) is 1. The number of nitrogens with one attached hydrogen (secondary N) is 1. The standard InChI is InChI=1S/C13H15F3N2O3/c1-21-7-11(19)18-10(12(17)20)6-8-2-4-9(5-3-8)13(14,15)16/h2-5,10H,6-7H2,1H3,(H2,17,20)(H,18,19)/t10-/m1/s1. The van der Waals surface area contributed by atoms with Gasteiger partial charge in [0.05, 0.1) is 5.56 Å². The summed E-state index contributed by atoms with van der Waals surface area (Å²) in [5, 5.41) is 2.35. The van der Waals surface area contributed by atoms with Crippen molar-refractivity contribution in [2.45, 2.75) is 18.6 Å². The van der Waals surface area contributed by atoms with Crippen LogP contribution in [0.4, 0.5) is 13.2 Å². The van der Waals surface area contributed by atoms with Gasteiger partial charge in [-0.2, -0.15) is 13.2 Å². The Bertz CT molecular complexity index is 500. The van der Waals surface area contributed by atoms with Gasteiger partial charge >= 0.3 is 6.18 Å². The van der Waals surface area contributed by atoms with E-state index in [9.17, 15) is 22.8 Å². The van der Waals surface area contributed by atoms with Crippen LogP contribution in [0.2, 0.25) is 0 Å². The topological polar surface area (TPSA) is 81.4 Å². The minimum absolute atomic E-state index is 0.00290. The van der Waals surface area contributed by atoms with Crippen LogP contribution in [0, 0.1) is 0 Å². The summed E-state index contributed by atoms with van der Waals surface area (Å²) in [4.78, 5) is 22.6. The number of amides is 2. The Balaban J connectivity index is 2.76. The Morgan fingerprint density at radius 1 is 1.29 bits per heavy atom. The van der Waals surface area contributed by atoms with E-state index in [-0.39, 0.29) is 13.0 Å². The summed E-state index contributed by atoms with van der Waals surface area (Å²) in [6.45, 7) is -0.239. The van der Waals surface area contributed by atoms with Crippen LogP contribution in [-0.4, -0.2) is 31.6 Å². The molecule has 1 atom stereocenters. The highest BCUT2D eigenvalue weighted by Crippen LogP contribution is 2.29. The van der Waals surface area contributed by atoms with Gasteiger partial charge in [0.2, 0.25) is 11.8 Å². The van der Waals surface area contributed by atoms with Crippen molar-refractivity contribution in [1.82, 2.24) is 5.32 Å². The van der Waals surface area contributed by atoms with Crippen LogP contribution in [-0.2, 0) is 26.9 Å². The van der Waals surface area contributed by atoms with Crippen LogP contribution in [0.5, 0.6) is 0 Å². The fourth-order valence-electron chi connectivity index (χ4n) is 1.66. The summed E-state index contributed by atoms with van der Waals surface area (Å²) in [7, 11) is 1.31. The SMILES string of the molecule is COCC(=O)N[C@H](Cc1ccc(C(F)(F)F)cc1)C(N)=O. The zero-order valence-electron chi connectivity index (χ0n) is 11.2. The van der Waals surface area contributed by atoms with Gasteiger partial charge in [-0.05, 0) is 17.7 Å². The number of nitrogens with two attached hydrogens (primary N) is 1. The van der Waals surface area contributed by atoms with E-state index < -0.39 is 29.6 Å². The van der Waals surface area contributed by atoms with Crippen molar-refractivity contribution in [3.05, 3.63) is 35.4 Å². The van der Waals surface area contributed by atoms with E-state index in [4.69, 9.17) is 5.73 Å². The molecule has 8 heteroatoms. The average Bonchev–Trinajstić information content (AvgIpc) is 2.37. The number of methoxy groups -OCH3 is 1. The molecule has 3 N–H and O–H groups in total. The molecule has 0 bridgehead atoms. The molecule has 0 saturated heterocycles. The number of alkyl halides is 3. The minimum atomic E-state index is -4.42. The zero-order valence-corrected chi connectivity index (χ0v) is 11.2. The van der Waals surface area contributed by atoms with Crippen LogP contribution in [0.1, 0.15) is 11.1 Å². The van der Waals surface area contributed by atoms with Gasteiger partial charge in [0.15, 0.2) is 0 Å². The third kappa shape index (κ3) is 5.42. The van der Waals surface area contributed by atoms with E-state index in [0.717, 1.165) is 12.1 Å². The van der Waals surface area contributed by atoms with Crippen molar-refractivity contribution < 1.29 is 27.5 Å². The highest BCUT2D eigenvalue weighted by molar-refractivity contribution is 5.87. The first-order valence-electron chi connectivity index (χ1n) is 5.97. The Morgan fingerprint density at radius 2 is 1.86 bits per heavy atom. The van der Waals surface area contributed by atoms with Gasteiger partial charge in [-0.15, -0.1) is 0 Å². The summed E-state index contributed by atoms with van der Waals surface area (Å²) in [5.41, 5.74) is 4.82. The van der Waals surface area contributed by atoms with Gasteiger partial charge in [-0.25, -0.2) is 0 Å². The lowest BCUT2D eigenvalue weighted by Gasteiger charge is -2.15. The van der Waals surface area contributed by atoms with Crippen LogP contribution in [0.3, 0.4) is 0 Å². The number of hydrogen-bond donors (Lipinski definition) is 2. The Hall–Kier alpha value is -2.09. The average molecular weight is 304 g/mol. The van der Waals surface area contributed by atoms with Crippen molar-refractivity contribution in [3.8, 4) is 0 Å². The van der Waals surface area contributed by atoms with Gasteiger partial charge < -0.3 is 15.8 Å². The number of carbonyl (C=O) groups excluding carboxylic acids is 2. The first-order valence-corrected chi connectivity index (χ1v) is 5.97. The zero-order chi connectivity index (χ0) is 16.0. The minimum Gasteiger partial charge on any atom is -0.375 e. The second-order valence-electron chi connectivity index (χ2n) is 4.35. The number of rotatable bonds is 6. The molecule has 0 aliphatic carbocycles. The third-order valence-corrected chi connectivity index (χ3v) is 2.68. The fourth-order valence-corrected chi connectivity index (χ4v) is 1.66. The number of halogens is 3. The molecule has 0 saturated carbocycles. The molecule has 1 rings (SSSR count). The van der Waals surface area contributed by atoms with E-state index in [2.05, 4.69) is 10.1 Å². The summed E-state index contributed by atoms with van der Waals surface area (Å²) < 4.78 is 41.9. The van der Waals surface area contributed by atoms with E-state index in [1.165, 1.54) is 19.2 Å². The first kappa shape index (κ1) is 17.0. The van der Waals surface area contributed by atoms with Gasteiger partial charge in [-0.3, -0.25) is 9.59 Å². The molecular weight excluding hydrogens is 289 g/mol. The molecule has 116 valence electrons. The second-order valence-corrected chi connectivity index (χ2v) is 4.35. The van der Waals surface area contributed by atoms with E-state index in [1.807, 2.05) is 0 Å². The van der Waals surface area contributed by atoms with Crippen LogP contribution in [0.15, 0.2) is 24.3 Å². The number of primary amides is 1. The van der Waals surface area contributed by atoms with Crippen molar-refractivity contribution in [2.24, 2.45) is 5.73 Å². The number of carbonyl (C=O) groups is 2. The molecule has 0 unspecified atom stereocenters. The maximum atomic E-state index is 12.4. The molecule has 5 nitrogen and oxygen atoms in total. The van der Waals surface area contributed by atoms with Crippen molar-refractivity contribution in [1.29, 1.82) is 0 Å². The van der Waals surface area contributed by atoms with Crippen LogP contribution < -0.4 is 11.1 Å². The first-order chi connectivity index (χ1) is 9.74. The third-order valence-electron chi connectivity index (χ3n) is 2.68. The molecule has 0 fully saturated rings. The molecule has 2 amide bonds. The van der Waals surface area contributed by atoms with E-state index >= 15 is 0 Å². The predicted molar refractivity (Wildman–Crippen MR) is 68.1 cm³/mol. The molecule has 1 aromatic rings. The summed E-state index contributed by atoms with van der Waals surface area (Å²) in [5.74, 6) is -1.31. The predicted octanol–water partition coefficient (Wildman–Crippen LogP) is 0.864. The van der Waals surface area contributed by atoms with Gasteiger partial charge in [-0.1, -0.05) is 12.1 Å². The molecular formula is C13H15F3N2O3. The maximum Gasteiger partial charge on any atom is 0.416 e. The molecule has 0 aliphatic heterocycles. The maximum absolute atomic E-state index is 12.4. The number of hydrogen-bond acceptors (Lipinski definition) is 3. The summed E-state index contributed by atoms with van der Waals surface area (Å²) in [6, 6.07) is 3.28. The fraction of sp³-hybridized carbons (Fsp3) is 0.385. The van der Waals surface area contributed by atoms with Crippen molar-refractivity contribution >= 4 is 11.8 Å². The van der Waals surface area contributed by atoms with Gasteiger partial charge in [0.25, 0.3) is 0 Å². The quantitative estimate of drug-likeness (QED) is 0.818. The van der Waals surface area contributed by atoms with Crippen molar-refractivity contribution in [2.75, 3.05) is 13.7 Å². The lowest BCUT2D eigenvalue weighted by Crippen LogP contribution is -2.47. The number of benzene rings is 1. The lowest BCUT2D eigenvalue weighted by molar-refractivity contribution is -0.137. The highest BCUT2D eigenvalue weighted by Gasteiger charge is 2.30. The largest absolute Gasteiger partial charge is 0.416 e. The van der Waals surface area contributed by atoms with Crippen LogP contribution >= 0.6 is 0 Å².